The third-order valence-corrected chi connectivity index (χ3v) is 10.7. The van der Waals surface area contributed by atoms with Crippen molar-refractivity contribution in [2.24, 2.45) is 11.8 Å². The number of carbonyl (C=O) groups is 2. The molecule has 0 heterocycles. The van der Waals surface area contributed by atoms with Crippen molar-refractivity contribution in [1.82, 2.24) is 0 Å². The molecule has 0 aromatic heterocycles. The molecule has 52 heavy (non-hydrogen) atoms. The van der Waals surface area contributed by atoms with Crippen LogP contribution in [-0.2, 0) is 9.47 Å². The summed E-state index contributed by atoms with van der Waals surface area (Å²) in [5.74, 6) is 0.866. The van der Waals surface area contributed by atoms with Crippen molar-refractivity contribution in [3.63, 3.8) is 0 Å². The van der Waals surface area contributed by atoms with Gasteiger partial charge in [-0.2, -0.15) is 0 Å². The minimum absolute atomic E-state index is 0.311. The lowest BCUT2D eigenvalue weighted by molar-refractivity contribution is 0.0450. The molecule has 0 N–H and O–H groups in total. The Morgan fingerprint density at radius 2 is 0.577 bits per heavy atom. The highest BCUT2D eigenvalue weighted by Crippen LogP contribution is 2.18. The molecule has 0 amide bonds. The van der Waals surface area contributed by atoms with Crippen molar-refractivity contribution in [1.29, 1.82) is 0 Å². The average molecular weight is 727 g/mol. The monoisotopic (exact) mass is 727 g/mol. The fourth-order valence-corrected chi connectivity index (χ4v) is 7.23. The molecule has 0 aliphatic heterocycles. The lowest BCUT2D eigenvalue weighted by Crippen LogP contribution is -2.15. The van der Waals surface area contributed by atoms with E-state index >= 15 is 0 Å². The largest absolute Gasteiger partial charge is 0.462 e. The second-order valence-electron chi connectivity index (χ2n) is 16.8. The Balaban J connectivity index is 1.96. The highest BCUT2D eigenvalue weighted by molar-refractivity contribution is 6.03. The van der Waals surface area contributed by atoms with E-state index in [1.807, 2.05) is 0 Å². The van der Waals surface area contributed by atoms with Crippen LogP contribution >= 0.6 is 0 Å². The predicted octanol–water partition coefficient (Wildman–Crippen LogP) is 15.8. The molecule has 1 aromatic rings. The van der Waals surface area contributed by atoms with E-state index in [0.717, 1.165) is 37.5 Å². The molecule has 1 rings (SSSR count). The number of hydrogen-bond acceptors (Lipinski definition) is 4. The normalized spacial score (nSPS) is 11.5. The molecule has 4 nitrogen and oxygen atoms in total. The molecule has 0 saturated carbocycles. The summed E-state index contributed by atoms with van der Waals surface area (Å²) in [4.78, 5) is 25.5. The van der Waals surface area contributed by atoms with E-state index in [1.54, 1.807) is 24.3 Å². The van der Waals surface area contributed by atoms with Crippen LogP contribution in [0.15, 0.2) is 24.3 Å². The highest BCUT2D eigenvalue weighted by Gasteiger charge is 2.18. The van der Waals surface area contributed by atoms with Crippen molar-refractivity contribution in [3.8, 4) is 0 Å². The number of hydrogen-bond donors (Lipinski definition) is 0. The van der Waals surface area contributed by atoms with Gasteiger partial charge in [-0.1, -0.05) is 232 Å². The standard InChI is InChI=1S/C48H86O4/c1-43(2)37-31-27-23-19-15-11-7-5-9-13-17-21-25-29-35-41-51-47(49)45-39-33-34-40-46(45)48(50)52-42-36-30-26-22-18-14-10-6-8-12-16-20-24-28-32-38-44(3)4/h33-34,39-40,43-44H,5-32,35-38,41-42H2,1-4H3. The van der Waals surface area contributed by atoms with Gasteiger partial charge in [0.25, 0.3) is 0 Å². The first-order valence-electron chi connectivity index (χ1n) is 22.8. The smallest absolute Gasteiger partial charge is 0.339 e. The Morgan fingerprint density at radius 1 is 0.365 bits per heavy atom. The van der Waals surface area contributed by atoms with Gasteiger partial charge in [-0.15, -0.1) is 0 Å². The molecule has 0 radical (unpaired) electrons. The van der Waals surface area contributed by atoms with E-state index < -0.39 is 11.9 Å². The Morgan fingerprint density at radius 3 is 0.808 bits per heavy atom. The zero-order chi connectivity index (χ0) is 37.7. The lowest BCUT2D eigenvalue weighted by atomic mass is 10.0. The van der Waals surface area contributed by atoms with Gasteiger partial charge in [-0.05, 0) is 36.8 Å². The van der Waals surface area contributed by atoms with Gasteiger partial charge >= 0.3 is 11.9 Å². The summed E-state index contributed by atoms with van der Waals surface area (Å²) in [6.45, 7) is 10.1. The Bertz CT molecular complexity index is 863. The van der Waals surface area contributed by atoms with E-state index in [0.29, 0.717) is 24.3 Å². The second-order valence-corrected chi connectivity index (χ2v) is 16.8. The fourth-order valence-electron chi connectivity index (χ4n) is 7.23. The summed E-state index contributed by atoms with van der Waals surface area (Å²) in [6, 6.07) is 6.90. The molecule has 0 aliphatic rings. The van der Waals surface area contributed by atoms with Crippen molar-refractivity contribution in [2.75, 3.05) is 13.2 Å². The number of benzene rings is 1. The maximum atomic E-state index is 12.8. The van der Waals surface area contributed by atoms with Gasteiger partial charge in [0.15, 0.2) is 0 Å². The van der Waals surface area contributed by atoms with E-state index in [9.17, 15) is 9.59 Å². The molecule has 0 unspecified atom stereocenters. The van der Waals surface area contributed by atoms with Crippen LogP contribution < -0.4 is 0 Å². The summed E-state index contributed by atoms with van der Waals surface area (Å²) in [6.07, 6.45) is 42.2. The van der Waals surface area contributed by atoms with E-state index in [4.69, 9.17) is 9.47 Å². The van der Waals surface area contributed by atoms with Crippen LogP contribution in [0.25, 0.3) is 0 Å². The molecule has 0 atom stereocenters. The van der Waals surface area contributed by atoms with Crippen LogP contribution in [0.1, 0.15) is 254 Å². The second kappa shape index (κ2) is 36.2. The number of carbonyl (C=O) groups excluding carboxylic acids is 2. The molecule has 0 saturated heterocycles. The first-order valence-corrected chi connectivity index (χ1v) is 22.8. The van der Waals surface area contributed by atoms with E-state index in [-0.39, 0.29) is 0 Å². The number of esters is 2. The average Bonchev–Trinajstić information content (AvgIpc) is 3.13. The van der Waals surface area contributed by atoms with E-state index in [2.05, 4.69) is 27.7 Å². The molecular weight excluding hydrogens is 641 g/mol. The van der Waals surface area contributed by atoms with Gasteiger partial charge in [0, 0.05) is 0 Å². The van der Waals surface area contributed by atoms with Crippen molar-refractivity contribution in [3.05, 3.63) is 35.4 Å². The first kappa shape index (κ1) is 48.2. The molecule has 0 aliphatic carbocycles. The first-order chi connectivity index (χ1) is 25.4. The quantitative estimate of drug-likeness (QED) is 0.0503. The number of rotatable bonds is 38. The molecule has 302 valence electrons. The van der Waals surface area contributed by atoms with Gasteiger partial charge in [-0.3, -0.25) is 0 Å². The zero-order valence-electron chi connectivity index (χ0n) is 35.1. The molecule has 0 fully saturated rings. The number of unbranched alkanes of at least 4 members (excludes halogenated alkanes) is 28. The van der Waals surface area contributed by atoms with Crippen LogP contribution in [0.2, 0.25) is 0 Å². The third-order valence-electron chi connectivity index (χ3n) is 10.7. The van der Waals surface area contributed by atoms with Crippen molar-refractivity contribution in [2.45, 2.75) is 233 Å². The van der Waals surface area contributed by atoms with Crippen LogP contribution in [0.4, 0.5) is 0 Å². The van der Waals surface area contributed by atoms with Crippen molar-refractivity contribution >= 4 is 11.9 Å². The topological polar surface area (TPSA) is 52.6 Å². The zero-order valence-corrected chi connectivity index (χ0v) is 35.1. The van der Waals surface area contributed by atoms with Crippen LogP contribution in [0.3, 0.4) is 0 Å². The van der Waals surface area contributed by atoms with Crippen LogP contribution in [0.5, 0.6) is 0 Å². The Kier molecular flexibility index (Phi) is 33.5. The van der Waals surface area contributed by atoms with Crippen LogP contribution in [0, 0.1) is 11.8 Å². The molecule has 1 aromatic carbocycles. The summed E-state index contributed by atoms with van der Waals surface area (Å²) in [5.41, 5.74) is 0.623. The fraction of sp³-hybridized carbons (Fsp3) is 0.833. The van der Waals surface area contributed by atoms with Crippen LogP contribution in [-0.4, -0.2) is 25.2 Å². The van der Waals surface area contributed by atoms with Gasteiger partial charge in [0.2, 0.25) is 0 Å². The van der Waals surface area contributed by atoms with Gasteiger partial charge in [0.1, 0.15) is 0 Å². The highest BCUT2D eigenvalue weighted by atomic mass is 16.5. The SMILES string of the molecule is CC(C)CCCCCCCCCCCCCCCCCOC(=O)c1ccccc1C(=O)OCCCCCCCCCCCCCCCCCC(C)C. The minimum atomic E-state index is -0.425. The summed E-state index contributed by atoms with van der Waals surface area (Å²) < 4.78 is 11.1. The molecule has 0 spiro atoms. The van der Waals surface area contributed by atoms with E-state index in [1.165, 1.54) is 180 Å². The summed E-state index contributed by atoms with van der Waals surface area (Å²) in [5, 5.41) is 0. The molecular formula is C48H86O4. The molecule has 0 bridgehead atoms. The molecule has 4 heteroatoms. The third kappa shape index (κ3) is 30.6. The predicted molar refractivity (Wildman–Crippen MR) is 224 cm³/mol. The summed E-state index contributed by atoms with van der Waals surface area (Å²) in [7, 11) is 0. The van der Waals surface area contributed by atoms with Crippen molar-refractivity contribution < 1.29 is 19.1 Å². The van der Waals surface area contributed by atoms with Gasteiger partial charge in [-0.25, -0.2) is 9.59 Å². The van der Waals surface area contributed by atoms with Gasteiger partial charge in [0.05, 0.1) is 24.3 Å². The summed E-state index contributed by atoms with van der Waals surface area (Å²) >= 11 is 0. The lowest BCUT2D eigenvalue weighted by Gasteiger charge is -2.10. The maximum absolute atomic E-state index is 12.8. The maximum Gasteiger partial charge on any atom is 0.339 e. The Labute approximate surface area is 323 Å². The van der Waals surface area contributed by atoms with Gasteiger partial charge < -0.3 is 9.47 Å². The minimum Gasteiger partial charge on any atom is -0.462 e. The Hall–Kier alpha value is -1.84. The number of ether oxygens (including phenoxy) is 2.